The van der Waals surface area contributed by atoms with Crippen LogP contribution in [0.4, 0.5) is 11.4 Å². The fourth-order valence-corrected chi connectivity index (χ4v) is 5.09. The van der Waals surface area contributed by atoms with Crippen LogP contribution in [-0.4, -0.2) is 12.1 Å². The quantitative estimate of drug-likeness (QED) is 0.144. The first-order valence-corrected chi connectivity index (χ1v) is 10.2. The van der Waals surface area contributed by atoms with Gasteiger partial charge >= 0.3 is 0 Å². The SMILES string of the molecule is Cc1cc(Br)c(Nc2cccc3c(C(=O)C=O)c4ccccc4cc23)c(Br)c1. The average Bonchev–Trinajstić information content (AvgIpc) is 2.68. The van der Waals surface area contributed by atoms with Crippen molar-refractivity contribution in [2.24, 2.45) is 0 Å². The number of nitrogens with one attached hydrogen (secondary N) is 1. The molecule has 0 aliphatic rings. The molecule has 0 bridgehead atoms. The van der Waals surface area contributed by atoms with Crippen LogP contribution in [0.2, 0.25) is 0 Å². The maximum absolute atomic E-state index is 12.5. The number of anilines is 2. The molecule has 5 heteroatoms. The van der Waals surface area contributed by atoms with Crippen molar-refractivity contribution in [1.82, 2.24) is 0 Å². The molecule has 0 radical (unpaired) electrons. The van der Waals surface area contributed by atoms with E-state index in [4.69, 9.17) is 0 Å². The number of benzene rings is 4. The molecule has 0 fully saturated rings. The lowest BCUT2D eigenvalue weighted by molar-refractivity contribution is -0.104. The molecule has 1 N–H and O–H groups in total. The number of aryl methyl sites for hydroxylation is 1. The van der Waals surface area contributed by atoms with Crippen LogP contribution in [0.15, 0.2) is 69.6 Å². The molecule has 0 saturated carbocycles. The van der Waals surface area contributed by atoms with Crippen molar-refractivity contribution in [2.45, 2.75) is 6.92 Å². The minimum Gasteiger partial charge on any atom is -0.353 e. The lowest BCUT2D eigenvalue weighted by atomic mass is 9.93. The van der Waals surface area contributed by atoms with Crippen LogP contribution in [0.5, 0.6) is 0 Å². The Morgan fingerprint density at radius 2 is 1.57 bits per heavy atom. The largest absolute Gasteiger partial charge is 0.353 e. The maximum Gasteiger partial charge on any atom is 0.226 e. The maximum atomic E-state index is 12.5. The van der Waals surface area contributed by atoms with Crippen LogP contribution in [0.25, 0.3) is 21.5 Å². The Morgan fingerprint density at radius 1 is 0.893 bits per heavy atom. The second-order valence-electron chi connectivity index (χ2n) is 6.58. The number of hydrogen-bond donors (Lipinski definition) is 1. The monoisotopic (exact) mass is 495 g/mol. The summed E-state index contributed by atoms with van der Waals surface area (Å²) in [6, 6.07) is 19.5. The van der Waals surface area contributed by atoms with Gasteiger partial charge in [-0.1, -0.05) is 36.4 Å². The number of halogens is 2. The zero-order valence-electron chi connectivity index (χ0n) is 14.9. The summed E-state index contributed by atoms with van der Waals surface area (Å²) in [4.78, 5) is 23.8. The van der Waals surface area contributed by atoms with Crippen molar-refractivity contribution in [2.75, 3.05) is 5.32 Å². The summed E-state index contributed by atoms with van der Waals surface area (Å²) >= 11 is 7.23. The molecule has 28 heavy (non-hydrogen) atoms. The van der Waals surface area contributed by atoms with Crippen molar-refractivity contribution >= 4 is 76.8 Å². The Bertz CT molecular complexity index is 1240. The second-order valence-corrected chi connectivity index (χ2v) is 8.29. The molecule has 0 aliphatic carbocycles. The van der Waals surface area contributed by atoms with Crippen LogP contribution in [0.3, 0.4) is 0 Å². The molecule has 0 aromatic heterocycles. The van der Waals surface area contributed by atoms with Crippen molar-refractivity contribution in [3.63, 3.8) is 0 Å². The zero-order valence-corrected chi connectivity index (χ0v) is 18.1. The molecular weight excluding hydrogens is 482 g/mol. The van der Waals surface area contributed by atoms with E-state index in [9.17, 15) is 9.59 Å². The molecule has 0 atom stereocenters. The van der Waals surface area contributed by atoms with E-state index in [1.165, 1.54) is 0 Å². The van der Waals surface area contributed by atoms with Crippen LogP contribution >= 0.6 is 31.9 Å². The van der Waals surface area contributed by atoms with Crippen molar-refractivity contribution in [3.8, 4) is 0 Å². The molecule has 0 heterocycles. The Morgan fingerprint density at radius 3 is 2.29 bits per heavy atom. The van der Waals surface area contributed by atoms with Gasteiger partial charge in [0.2, 0.25) is 5.78 Å². The molecule has 0 aliphatic heterocycles. The van der Waals surface area contributed by atoms with Crippen molar-refractivity contribution < 1.29 is 9.59 Å². The fourth-order valence-electron chi connectivity index (χ4n) is 3.48. The topological polar surface area (TPSA) is 46.2 Å². The summed E-state index contributed by atoms with van der Waals surface area (Å²) < 4.78 is 1.86. The third-order valence-corrected chi connectivity index (χ3v) is 5.96. The van der Waals surface area contributed by atoms with E-state index in [0.717, 1.165) is 47.4 Å². The summed E-state index contributed by atoms with van der Waals surface area (Å²) in [6.07, 6.45) is 0.383. The number of ketones is 1. The summed E-state index contributed by atoms with van der Waals surface area (Å²) in [5.41, 5.74) is 3.32. The highest BCUT2D eigenvalue weighted by molar-refractivity contribution is 9.11. The van der Waals surface area contributed by atoms with Gasteiger partial charge in [0, 0.05) is 25.6 Å². The first kappa shape index (κ1) is 18.8. The summed E-state index contributed by atoms with van der Waals surface area (Å²) in [7, 11) is 0. The Kier molecular flexibility index (Phi) is 5.04. The van der Waals surface area contributed by atoms with E-state index in [1.54, 1.807) is 0 Å². The minimum absolute atomic E-state index is 0.383. The van der Waals surface area contributed by atoms with Crippen molar-refractivity contribution in [3.05, 3.63) is 80.7 Å². The van der Waals surface area contributed by atoms with Crippen LogP contribution in [0, 0.1) is 6.92 Å². The van der Waals surface area contributed by atoms with Gasteiger partial charge in [-0.15, -0.1) is 0 Å². The number of rotatable bonds is 4. The molecule has 0 unspecified atom stereocenters. The van der Waals surface area contributed by atoms with Crippen molar-refractivity contribution in [1.29, 1.82) is 0 Å². The van der Waals surface area contributed by atoms with Crippen LogP contribution in [0.1, 0.15) is 15.9 Å². The van der Waals surface area contributed by atoms with Gasteiger partial charge in [-0.05, 0) is 84.8 Å². The number of fused-ring (bicyclic) bond motifs is 2. The normalized spacial score (nSPS) is 11.0. The van der Waals surface area contributed by atoms with E-state index in [2.05, 4.69) is 37.2 Å². The average molecular weight is 497 g/mol. The summed E-state index contributed by atoms with van der Waals surface area (Å²) in [5.74, 6) is -0.517. The Labute approximate surface area is 179 Å². The highest BCUT2D eigenvalue weighted by atomic mass is 79.9. The van der Waals surface area contributed by atoms with Gasteiger partial charge in [-0.25, -0.2) is 0 Å². The number of carbonyl (C=O) groups is 2. The van der Waals surface area contributed by atoms with Gasteiger partial charge in [0.25, 0.3) is 0 Å². The molecule has 4 aromatic carbocycles. The first-order valence-electron chi connectivity index (χ1n) is 8.66. The smallest absolute Gasteiger partial charge is 0.226 e. The standard InChI is InChI=1S/C23H15Br2NO2/c1-13-9-18(24)23(19(25)10-13)26-20-8-4-7-16-17(20)11-14-5-2-3-6-15(14)22(16)21(28)12-27/h2-12,26H,1H3. The van der Waals surface area contributed by atoms with E-state index in [1.807, 2.05) is 67.6 Å². The number of hydrogen-bond acceptors (Lipinski definition) is 3. The van der Waals surface area contributed by atoms with Gasteiger partial charge in [-0.3, -0.25) is 9.59 Å². The minimum atomic E-state index is -0.517. The lowest BCUT2D eigenvalue weighted by Gasteiger charge is -2.16. The Hall–Kier alpha value is -2.50. The summed E-state index contributed by atoms with van der Waals surface area (Å²) in [6.45, 7) is 2.03. The number of Topliss-reactive ketones (excluding diaryl/α,β-unsaturated/α-hetero) is 1. The third kappa shape index (κ3) is 3.25. The van der Waals surface area contributed by atoms with Gasteiger partial charge in [0.05, 0.1) is 5.69 Å². The molecule has 4 rings (SSSR count). The molecular formula is C23H15Br2NO2. The Balaban J connectivity index is 2.00. The first-order chi connectivity index (χ1) is 13.5. The number of carbonyl (C=O) groups excluding carboxylic acids is 2. The fraction of sp³-hybridized carbons (Fsp3) is 0.0435. The molecule has 3 nitrogen and oxygen atoms in total. The highest BCUT2D eigenvalue weighted by Gasteiger charge is 2.16. The second kappa shape index (κ2) is 7.49. The predicted octanol–water partition coefficient (Wildman–Crippen LogP) is 6.95. The van der Waals surface area contributed by atoms with E-state index in [-0.39, 0.29) is 0 Å². The molecule has 4 aromatic rings. The van der Waals surface area contributed by atoms with Gasteiger partial charge in [0.1, 0.15) is 0 Å². The summed E-state index contributed by atoms with van der Waals surface area (Å²) in [5, 5.41) is 6.79. The molecule has 0 spiro atoms. The molecule has 138 valence electrons. The highest BCUT2D eigenvalue weighted by Crippen LogP contribution is 2.38. The molecule has 0 saturated heterocycles. The predicted molar refractivity (Wildman–Crippen MR) is 122 cm³/mol. The van der Waals surface area contributed by atoms with Crippen LogP contribution in [-0.2, 0) is 4.79 Å². The van der Waals surface area contributed by atoms with E-state index >= 15 is 0 Å². The number of aldehydes is 1. The zero-order chi connectivity index (χ0) is 19.8. The van der Waals surface area contributed by atoms with Gasteiger partial charge in [0.15, 0.2) is 6.29 Å². The molecule has 0 amide bonds. The van der Waals surface area contributed by atoms with Gasteiger partial charge < -0.3 is 5.32 Å². The van der Waals surface area contributed by atoms with Gasteiger partial charge in [-0.2, -0.15) is 0 Å². The van der Waals surface area contributed by atoms with E-state index < -0.39 is 5.78 Å². The third-order valence-electron chi connectivity index (χ3n) is 4.70. The van der Waals surface area contributed by atoms with E-state index in [0.29, 0.717) is 11.8 Å². The van der Waals surface area contributed by atoms with Crippen LogP contribution < -0.4 is 5.32 Å². The lowest BCUT2D eigenvalue weighted by Crippen LogP contribution is -2.03.